The maximum absolute atomic E-state index is 12.0. The fourth-order valence-electron chi connectivity index (χ4n) is 2.92. The molecule has 1 fully saturated rings. The summed E-state index contributed by atoms with van der Waals surface area (Å²) in [5, 5.41) is 0. The maximum Gasteiger partial charge on any atom is 0.253 e. The molecule has 0 saturated carbocycles. The standard InChI is InChI=1S/C17H27N3O/c1-17(2,3)13-8-9-20(11-13)15-7-6-12(10-14(15)18)16(21)19(4)5/h6-7,10,13H,8-9,11,18H2,1-5H3. The van der Waals surface area contributed by atoms with Crippen molar-refractivity contribution >= 4 is 17.3 Å². The second-order valence-corrected chi connectivity index (χ2v) is 7.27. The van der Waals surface area contributed by atoms with Crippen LogP contribution in [0.2, 0.25) is 0 Å². The second-order valence-electron chi connectivity index (χ2n) is 7.27. The van der Waals surface area contributed by atoms with E-state index in [1.807, 2.05) is 12.1 Å². The van der Waals surface area contributed by atoms with Gasteiger partial charge in [0, 0.05) is 32.7 Å². The van der Waals surface area contributed by atoms with Crippen LogP contribution in [0.25, 0.3) is 0 Å². The number of nitrogens with two attached hydrogens (primary N) is 1. The van der Waals surface area contributed by atoms with Crippen molar-refractivity contribution in [3.63, 3.8) is 0 Å². The van der Waals surface area contributed by atoms with Crippen LogP contribution in [0.1, 0.15) is 37.6 Å². The van der Waals surface area contributed by atoms with Gasteiger partial charge in [-0.2, -0.15) is 0 Å². The number of anilines is 2. The molecule has 116 valence electrons. The van der Waals surface area contributed by atoms with Crippen molar-refractivity contribution in [3.05, 3.63) is 23.8 Å². The van der Waals surface area contributed by atoms with Gasteiger partial charge in [0.25, 0.3) is 5.91 Å². The molecule has 0 radical (unpaired) electrons. The minimum atomic E-state index is -0.0118. The minimum absolute atomic E-state index is 0.0118. The van der Waals surface area contributed by atoms with E-state index in [9.17, 15) is 4.79 Å². The van der Waals surface area contributed by atoms with E-state index in [2.05, 4.69) is 25.7 Å². The van der Waals surface area contributed by atoms with Gasteiger partial charge in [-0.15, -0.1) is 0 Å². The smallest absolute Gasteiger partial charge is 0.253 e. The van der Waals surface area contributed by atoms with Crippen molar-refractivity contribution in [1.29, 1.82) is 0 Å². The van der Waals surface area contributed by atoms with Crippen molar-refractivity contribution in [2.75, 3.05) is 37.8 Å². The summed E-state index contributed by atoms with van der Waals surface area (Å²) in [5.41, 5.74) is 8.90. The average Bonchev–Trinajstić information content (AvgIpc) is 2.86. The Labute approximate surface area is 127 Å². The van der Waals surface area contributed by atoms with Gasteiger partial charge in [0.05, 0.1) is 11.4 Å². The van der Waals surface area contributed by atoms with Crippen molar-refractivity contribution in [2.24, 2.45) is 11.3 Å². The number of hydrogen-bond acceptors (Lipinski definition) is 3. The lowest BCUT2D eigenvalue weighted by molar-refractivity contribution is 0.0827. The number of nitrogens with zero attached hydrogens (tertiary/aromatic N) is 2. The van der Waals surface area contributed by atoms with Gasteiger partial charge in [0.15, 0.2) is 0 Å². The highest BCUT2D eigenvalue weighted by Gasteiger charge is 2.32. The third kappa shape index (κ3) is 3.31. The molecule has 2 rings (SSSR count). The molecule has 1 aromatic carbocycles. The van der Waals surface area contributed by atoms with Crippen LogP contribution in [0.3, 0.4) is 0 Å². The first-order valence-electron chi connectivity index (χ1n) is 7.56. The molecule has 0 bridgehead atoms. The summed E-state index contributed by atoms with van der Waals surface area (Å²) in [4.78, 5) is 15.9. The molecule has 1 aliphatic rings. The molecule has 2 N–H and O–H groups in total. The first-order chi connectivity index (χ1) is 9.70. The topological polar surface area (TPSA) is 49.6 Å². The molecule has 1 saturated heterocycles. The van der Waals surface area contributed by atoms with Crippen molar-refractivity contribution in [3.8, 4) is 0 Å². The van der Waals surface area contributed by atoms with Crippen LogP contribution in [0.4, 0.5) is 11.4 Å². The summed E-state index contributed by atoms with van der Waals surface area (Å²) in [5.74, 6) is 0.669. The molecule has 1 atom stereocenters. The molecule has 1 amide bonds. The van der Waals surface area contributed by atoms with Crippen molar-refractivity contribution < 1.29 is 4.79 Å². The Morgan fingerprint density at radius 3 is 2.48 bits per heavy atom. The quantitative estimate of drug-likeness (QED) is 0.852. The van der Waals surface area contributed by atoms with Crippen LogP contribution in [-0.4, -0.2) is 38.0 Å². The van der Waals surface area contributed by atoms with Gasteiger partial charge in [-0.25, -0.2) is 0 Å². The highest BCUT2D eigenvalue weighted by atomic mass is 16.2. The van der Waals surface area contributed by atoms with Gasteiger partial charge >= 0.3 is 0 Å². The van der Waals surface area contributed by atoms with E-state index >= 15 is 0 Å². The maximum atomic E-state index is 12.0. The third-order valence-electron chi connectivity index (χ3n) is 4.43. The van der Waals surface area contributed by atoms with E-state index in [-0.39, 0.29) is 5.91 Å². The predicted octanol–water partition coefficient (Wildman–Crippen LogP) is 2.84. The average molecular weight is 289 g/mol. The SMILES string of the molecule is CN(C)C(=O)c1ccc(N2CCC(C(C)(C)C)C2)c(N)c1. The van der Waals surface area contributed by atoms with Gasteiger partial charge in [-0.1, -0.05) is 20.8 Å². The molecule has 4 heteroatoms. The van der Waals surface area contributed by atoms with Gasteiger partial charge in [0.1, 0.15) is 0 Å². The fourth-order valence-corrected chi connectivity index (χ4v) is 2.92. The molecule has 1 unspecified atom stereocenters. The summed E-state index contributed by atoms with van der Waals surface area (Å²) >= 11 is 0. The number of carbonyl (C=O) groups is 1. The highest BCUT2D eigenvalue weighted by Crippen LogP contribution is 2.37. The monoisotopic (exact) mass is 289 g/mol. The summed E-state index contributed by atoms with van der Waals surface area (Å²) in [6.45, 7) is 8.96. The van der Waals surface area contributed by atoms with E-state index in [1.54, 1.807) is 25.1 Å². The second kappa shape index (κ2) is 5.58. The van der Waals surface area contributed by atoms with Crippen molar-refractivity contribution in [2.45, 2.75) is 27.2 Å². The van der Waals surface area contributed by atoms with Crippen LogP contribution >= 0.6 is 0 Å². The summed E-state index contributed by atoms with van der Waals surface area (Å²) in [6, 6.07) is 5.65. The summed E-state index contributed by atoms with van der Waals surface area (Å²) < 4.78 is 0. The number of nitrogen functional groups attached to an aromatic ring is 1. The highest BCUT2D eigenvalue weighted by molar-refractivity contribution is 5.95. The molecule has 0 aromatic heterocycles. The van der Waals surface area contributed by atoms with E-state index in [0.717, 1.165) is 18.8 Å². The Morgan fingerprint density at radius 2 is 2.00 bits per heavy atom. The lowest BCUT2D eigenvalue weighted by atomic mass is 9.80. The van der Waals surface area contributed by atoms with E-state index in [4.69, 9.17) is 5.73 Å². The Bertz CT molecular complexity index is 531. The molecular weight excluding hydrogens is 262 g/mol. The minimum Gasteiger partial charge on any atom is -0.397 e. The van der Waals surface area contributed by atoms with Crippen LogP contribution in [0.15, 0.2) is 18.2 Å². The molecule has 0 aliphatic carbocycles. The Balaban J connectivity index is 2.18. The molecular formula is C17H27N3O. The van der Waals surface area contributed by atoms with E-state index < -0.39 is 0 Å². The zero-order valence-corrected chi connectivity index (χ0v) is 13.8. The van der Waals surface area contributed by atoms with Crippen LogP contribution < -0.4 is 10.6 Å². The molecule has 1 aromatic rings. The van der Waals surface area contributed by atoms with Gasteiger partial charge in [-0.05, 0) is 36.0 Å². The number of carbonyl (C=O) groups excluding carboxylic acids is 1. The number of amides is 1. The van der Waals surface area contributed by atoms with E-state index in [1.165, 1.54) is 6.42 Å². The Kier molecular flexibility index (Phi) is 4.17. The molecule has 4 nitrogen and oxygen atoms in total. The first-order valence-corrected chi connectivity index (χ1v) is 7.56. The third-order valence-corrected chi connectivity index (χ3v) is 4.43. The Morgan fingerprint density at radius 1 is 1.33 bits per heavy atom. The number of rotatable bonds is 2. The van der Waals surface area contributed by atoms with Gasteiger partial charge in [0.2, 0.25) is 0 Å². The summed E-state index contributed by atoms with van der Waals surface area (Å²) in [7, 11) is 3.50. The van der Waals surface area contributed by atoms with E-state index in [0.29, 0.717) is 22.6 Å². The largest absolute Gasteiger partial charge is 0.397 e. The van der Waals surface area contributed by atoms with Crippen LogP contribution in [0, 0.1) is 11.3 Å². The first kappa shape index (κ1) is 15.7. The molecule has 1 heterocycles. The van der Waals surface area contributed by atoms with Gasteiger partial charge < -0.3 is 15.5 Å². The lowest BCUT2D eigenvalue weighted by Crippen LogP contribution is -2.26. The Hall–Kier alpha value is -1.71. The lowest BCUT2D eigenvalue weighted by Gasteiger charge is -2.28. The molecule has 0 spiro atoms. The normalized spacial score (nSPS) is 18.9. The van der Waals surface area contributed by atoms with Crippen molar-refractivity contribution in [1.82, 2.24) is 4.90 Å². The zero-order valence-electron chi connectivity index (χ0n) is 13.8. The zero-order chi connectivity index (χ0) is 15.8. The number of benzene rings is 1. The summed E-state index contributed by atoms with van der Waals surface area (Å²) in [6.07, 6.45) is 1.20. The predicted molar refractivity (Wildman–Crippen MR) is 88.6 cm³/mol. The van der Waals surface area contributed by atoms with Crippen LogP contribution in [0.5, 0.6) is 0 Å². The van der Waals surface area contributed by atoms with Gasteiger partial charge in [-0.3, -0.25) is 4.79 Å². The number of hydrogen-bond donors (Lipinski definition) is 1. The molecule has 21 heavy (non-hydrogen) atoms. The molecule has 1 aliphatic heterocycles. The fraction of sp³-hybridized carbons (Fsp3) is 0.588. The van der Waals surface area contributed by atoms with Crippen LogP contribution in [-0.2, 0) is 0 Å².